The van der Waals surface area contributed by atoms with E-state index in [9.17, 15) is 14.9 Å². The molecule has 24 heavy (non-hydrogen) atoms. The molecule has 0 aromatic heterocycles. The van der Waals surface area contributed by atoms with Crippen LogP contribution in [-0.2, 0) is 0 Å². The number of methoxy groups -OCH3 is 2. The highest BCUT2D eigenvalue weighted by molar-refractivity contribution is 5.95. The fourth-order valence-corrected chi connectivity index (χ4v) is 1.88. The Bertz CT molecular complexity index is 772. The molecule has 2 rings (SSSR count). The molecule has 0 unspecified atom stereocenters. The number of benzene rings is 2. The van der Waals surface area contributed by atoms with Crippen molar-refractivity contribution in [3.63, 3.8) is 0 Å². The lowest BCUT2D eigenvalue weighted by atomic mass is 10.2. The van der Waals surface area contributed by atoms with Crippen LogP contribution in [0.3, 0.4) is 0 Å². The van der Waals surface area contributed by atoms with E-state index in [1.165, 1.54) is 37.6 Å². The number of nitro benzene ring substituents is 1. The summed E-state index contributed by atoms with van der Waals surface area (Å²) in [6.07, 6.45) is 1.43. The molecule has 1 N–H and O–H groups in total. The minimum atomic E-state index is -0.532. The molecule has 0 aliphatic heterocycles. The zero-order chi connectivity index (χ0) is 17.5. The van der Waals surface area contributed by atoms with Crippen molar-refractivity contribution in [3.05, 3.63) is 63.7 Å². The zero-order valence-corrected chi connectivity index (χ0v) is 13.1. The molecule has 0 aliphatic rings. The van der Waals surface area contributed by atoms with Gasteiger partial charge in [-0.25, -0.2) is 5.43 Å². The molecule has 0 saturated heterocycles. The van der Waals surface area contributed by atoms with Crippen molar-refractivity contribution in [1.82, 2.24) is 5.43 Å². The average molecular weight is 329 g/mol. The van der Waals surface area contributed by atoms with Crippen molar-refractivity contribution in [2.24, 2.45) is 5.10 Å². The SMILES string of the molecule is COc1ccc(/C=N/NC(=O)c2ccc([N+](=O)[O-])cc2)c(OC)c1. The van der Waals surface area contributed by atoms with Crippen LogP contribution in [-0.4, -0.2) is 31.3 Å². The summed E-state index contributed by atoms with van der Waals surface area (Å²) in [4.78, 5) is 22.0. The summed E-state index contributed by atoms with van der Waals surface area (Å²) in [6, 6.07) is 10.4. The Morgan fingerprint density at radius 3 is 2.46 bits per heavy atom. The standard InChI is InChI=1S/C16H15N3O5/c1-23-14-8-5-12(15(9-14)24-2)10-17-18-16(20)11-3-6-13(7-4-11)19(21)22/h3-10H,1-2H3,(H,18,20)/b17-10+. The third kappa shape index (κ3) is 4.07. The van der Waals surface area contributed by atoms with Gasteiger partial charge in [-0.3, -0.25) is 14.9 Å². The second-order valence-electron chi connectivity index (χ2n) is 4.61. The van der Waals surface area contributed by atoms with Crippen molar-refractivity contribution >= 4 is 17.8 Å². The minimum Gasteiger partial charge on any atom is -0.497 e. The van der Waals surface area contributed by atoms with Gasteiger partial charge in [-0.1, -0.05) is 0 Å². The maximum absolute atomic E-state index is 11.9. The van der Waals surface area contributed by atoms with Crippen molar-refractivity contribution < 1.29 is 19.2 Å². The number of amides is 1. The molecule has 0 bridgehead atoms. The summed E-state index contributed by atoms with van der Waals surface area (Å²) in [6.45, 7) is 0. The van der Waals surface area contributed by atoms with E-state index in [-0.39, 0.29) is 11.3 Å². The Kier molecular flexibility index (Phi) is 5.45. The maximum atomic E-state index is 11.9. The lowest BCUT2D eigenvalue weighted by Crippen LogP contribution is -2.17. The highest BCUT2D eigenvalue weighted by atomic mass is 16.6. The Hall–Kier alpha value is -3.42. The van der Waals surface area contributed by atoms with E-state index >= 15 is 0 Å². The molecule has 8 nitrogen and oxygen atoms in total. The molecule has 0 heterocycles. The summed E-state index contributed by atoms with van der Waals surface area (Å²) in [5.41, 5.74) is 3.18. The first-order valence-corrected chi connectivity index (χ1v) is 6.85. The second kappa shape index (κ2) is 7.73. The van der Waals surface area contributed by atoms with E-state index in [2.05, 4.69) is 10.5 Å². The lowest BCUT2D eigenvalue weighted by molar-refractivity contribution is -0.384. The van der Waals surface area contributed by atoms with E-state index in [0.717, 1.165) is 0 Å². The van der Waals surface area contributed by atoms with Gasteiger partial charge in [0.15, 0.2) is 0 Å². The van der Waals surface area contributed by atoms with Crippen LogP contribution in [0.4, 0.5) is 5.69 Å². The van der Waals surface area contributed by atoms with Crippen LogP contribution in [0.2, 0.25) is 0 Å². The molecule has 8 heteroatoms. The van der Waals surface area contributed by atoms with E-state index in [4.69, 9.17) is 9.47 Å². The fourth-order valence-electron chi connectivity index (χ4n) is 1.88. The highest BCUT2D eigenvalue weighted by Crippen LogP contribution is 2.23. The van der Waals surface area contributed by atoms with Gasteiger partial charge in [0.2, 0.25) is 0 Å². The van der Waals surface area contributed by atoms with Crippen molar-refractivity contribution in [2.75, 3.05) is 14.2 Å². The van der Waals surface area contributed by atoms with Crippen LogP contribution >= 0.6 is 0 Å². The van der Waals surface area contributed by atoms with Crippen LogP contribution in [0.5, 0.6) is 11.5 Å². The smallest absolute Gasteiger partial charge is 0.271 e. The Morgan fingerprint density at radius 2 is 1.88 bits per heavy atom. The van der Waals surface area contributed by atoms with Gasteiger partial charge < -0.3 is 9.47 Å². The van der Waals surface area contributed by atoms with Gasteiger partial charge >= 0.3 is 0 Å². The van der Waals surface area contributed by atoms with Gasteiger partial charge in [-0.05, 0) is 24.3 Å². The molecule has 1 amide bonds. The summed E-state index contributed by atoms with van der Waals surface area (Å²) < 4.78 is 10.3. The number of hydrogen-bond donors (Lipinski definition) is 1. The number of hydrazone groups is 1. The number of ether oxygens (including phenoxy) is 2. The van der Waals surface area contributed by atoms with Crippen molar-refractivity contribution in [2.45, 2.75) is 0 Å². The average Bonchev–Trinajstić information content (AvgIpc) is 2.61. The molecule has 0 saturated carbocycles. The Labute approximate surface area is 137 Å². The number of hydrogen-bond acceptors (Lipinski definition) is 6. The lowest BCUT2D eigenvalue weighted by Gasteiger charge is -2.06. The van der Waals surface area contributed by atoms with E-state index < -0.39 is 10.8 Å². The monoisotopic (exact) mass is 329 g/mol. The second-order valence-corrected chi connectivity index (χ2v) is 4.61. The summed E-state index contributed by atoms with van der Waals surface area (Å²) in [5, 5.41) is 14.4. The van der Waals surface area contributed by atoms with E-state index in [1.54, 1.807) is 25.3 Å². The number of rotatable bonds is 6. The molecule has 0 radical (unpaired) electrons. The molecule has 0 aliphatic carbocycles. The third-order valence-electron chi connectivity index (χ3n) is 3.15. The normalized spacial score (nSPS) is 10.4. The van der Waals surface area contributed by atoms with Gasteiger partial charge in [0.1, 0.15) is 11.5 Å². The number of nitrogens with one attached hydrogen (secondary N) is 1. The van der Waals surface area contributed by atoms with Crippen LogP contribution in [0, 0.1) is 10.1 Å². The Balaban J connectivity index is 2.05. The number of carbonyl (C=O) groups is 1. The fraction of sp³-hybridized carbons (Fsp3) is 0.125. The van der Waals surface area contributed by atoms with Crippen LogP contribution in [0.1, 0.15) is 15.9 Å². The highest BCUT2D eigenvalue weighted by Gasteiger charge is 2.09. The molecule has 0 spiro atoms. The van der Waals surface area contributed by atoms with Crippen LogP contribution in [0.25, 0.3) is 0 Å². The molecule has 0 fully saturated rings. The van der Waals surface area contributed by atoms with Gasteiger partial charge in [0.05, 0.1) is 25.4 Å². The van der Waals surface area contributed by atoms with E-state index in [0.29, 0.717) is 17.1 Å². The molecular weight excluding hydrogens is 314 g/mol. The third-order valence-corrected chi connectivity index (χ3v) is 3.15. The molecule has 0 atom stereocenters. The first-order valence-electron chi connectivity index (χ1n) is 6.85. The number of nitro groups is 1. The van der Waals surface area contributed by atoms with Crippen LogP contribution < -0.4 is 14.9 Å². The summed E-state index contributed by atoms with van der Waals surface area (Å²) in [7, 11) is 3.06. The first kappa shape index (κ1) is 16.9. The maximum Gasteiger partial charge on any atom is 0.271 e. The summed E-state index contributed by atoms with van der Waals surface area (Å²) in [5.74, 6) is 0.704. The van der Waals surface area contributed by atoms with E-state index in [1.807, 2.05) is 0 Å². The number of nitrogens with zero attached hydrogens (tertiary/aromatic N) is 2. The largest absolute Gasteiger partial charge is 0.497 e. The predicted octanol–water partition coefficient (Wildman–Crippen LogP) is 2.38. The molecule has 124 valence electrons. The van der Waals surface area contributed by atoms with Crippen molar-refractivity contribution in [1.29, 1.82) is 0 Å². The predicted molar refractivity (Wildman–Crippen MR) is 87.7 cm³/mol. The van der Waals surface area contributed by atoms with Gasteiger partial charge in [0.25, 0.3) is 11.6 Å². The van der Waals surface area contributed by atoms with Gasteiger partial charge in [-0.15, -0.1) is 0 Å². The zero-order valence-electron chi connectivity index (χ0n) is 13.1. The summed E-state index contributed by atoms with van der Waals surface area (Å²) >= 11 is 0. The number of carbonyl (C=O) groups excluding carboxylic acids is 1. The van der Waals surface area contributed by atoms with Crippen molar-refractivity contribution in [3.8, 4) is 11.5 Å². The molecule has 2 aromatic carbocycles. The number of non-ortho nitro benzene ring substituents is 1. The van der Waals surface area contributed by atoms with Gasteiger partial charge in [-0.2, -0.15) is 5.10 Å². The van der Waals surface area contributed by atoms with Gasteiger partial charge in [0, 0.05) is 29.3 Å². The molecular formula is C16H15N3O5. The Morgan fingerprint density at radius 1 is 1.17 bits per heavy atom. The molecule has 2 aromatic rings. The quantitative estimate of drug-likeness (QED) is 0.498. The first-order chi connectivity index (χ1) is 11.5. The topological polar surface area (TPSA) is 103 Å². The minimum absolute atomic E-state index is 0.0852. The van der Waals surface area contributed by atoms with Crippen LogP contribution in [0.15, 0.2) is 47.6 Å².